The van der Waals surface area contributed by atoms with E-state index >= 15 is 0 Å². The number of hydrogen-bond donors (Lipinski definition) is 3. The van der Waals surface area contributed by atoms with Crippen LogP contribution in [0.15, 0.2) is 84.9 Å². The van der Waals surface area contributed by atoms with Gasteiger partial charge in [-0.05, 0) is 124 Å². The molecule has 0 aliphatic heterocycles. The lowest BCUT2D eigenvalue weighted by Crippen LogP contribution is -2.57. The zero-order valence-corrected chi connectivity index (χ0v) is 37.6. The van der Waals surface area contributed by atoms with Crippen LogP contribution in [0.5, 0.6) is 5.75 Å². The lowest BCUT2D eigenvalue weighted by molar-refractivity contribution is -0.316. The van der Waals surface area contributed by atoms with Gasteiger partial charge in [-0.3, -0.25) is 14.4 Å². The van der Waals surface area contributed by atoms with Crippen molar-refractivity contribution in [2.45, 2.75) is 158 Å². The number of carboxylic acid groups (broad SMARTS) is 2. The third-order valence-electron chi connectivity index (χ3n) is 14.0. The zero-order chi connectivity index (χ0) is 43.1. The van der Waals surface area contributed by atoms with E-state index in [1.54, 1.807) is 12.1 Å². The smallest absolute Gasteiger partial charge is 0.307 e. The monoisotopic (exact) mass is 786 g/mol. The highest BCUT2D eigenvalue weighted by Gasteiger charge is 2.59. The highest BCUT2D eigenvalue weighted by molar-refractivity contribution is 5.73. The fourth-order valence-electron chi connectivity index (χ4n) is 10.2. The van der Waals surface area contributed by atoms with Crippen molar-refractivity contribution in [2.75, 3.05) is 0 Å². The first kappa shape index (κ1) is 47.7. The molecule has 0 aromatic heterocycles. The molecule has 0 heterocycles. The molecule has 7 heteroatoms. The first-order valence-electron chi connectivity index (χ1n) is 21.3. The molecule has 0 bridgehead atoms. The SMILES string of the molecule is CCC(CC)(CC(C(=O)O)C(C)(CC)C(C)(C)C(c1ccc(O)cc1)C(C)(C)ON(C(c1ccccc1)C(C)C)C(C)(C)C)C(CC(C)c1ccccc1)C(=O)O. The van der Waals surface area contributed by atoms with Crippen molar-refractivity contribution in [3.05, 3.63) is 102 Å². The van der Waals surface area contributed by atoms with Crippen molar-refractivity contribution >= 4 is 11.9 Å². The Kier molecular flexibility index (Phi) is 15.8. The van der Waals surface area contributed by atoms with Crippen molar-refractivity contribution in [1.82, 2.24) is 5.06 Å². The number of aliphatic carboxylic acids is 2. The van der Waals surface area contributed by atoms with Crippen LogP contribution in [0.1, 0.15) is 164 Å². The molecule has 0 fully saturated rings. The number of carbonyl (C=O) groups is 2. The molecular weight excluding hydrogens is 711 g/mol. The van der Waals surface area contributed by atoms with Crippen molar-refractivity contribution in [3.8, 4) is 5.75 Å². The van der Waals surface area contributed by atoms with Crippen LogP contribution in [-0.4, -0.2) is 43.5 Å². The van der Waals surface area contributed by atoms with Gasteiger partial charge in [-0.2, -0.15) is 5.06 Å². The van der Waals surface area contributed by atoms with Gasteiger partial charge in [0.15, 0.2) is 0 Å². The summed E-state index contributed by atoms with van der Waals surface area (Å²) in [5.74, 6) is -3.46. The molecule has 0 saturated carbocycles. The topological polar surface area (TPSA) is 107 Å². The van der Waals surface area contributed by atoms with Gasteiger partial charge in [-0.25, -0.2) is 0 Å². The van der Waals surface area contributed by atoms with Crippen LogP contribution < -0.4 is 0 Å². The van der Waals surface area contributed by atoms with E-state index in [9.17, 15) is 24.9 Å². The molecular formula is C50H75NO6. The second kappa shape index (κ2) is 18.9. The third-order valence-corrected chi connectivity index (χ3v) is 14.0. The summed E-state index contributed by atoms with van der Waals surface area (Å²) in [5.41, 5.74) is -0.549. The molecule has 0 aliphatic carbocycles. The number of aromatic hydroxyl groups is 1. The summed E-state index contributed by atoms with van der Waals surface area (Å²) in [7, 11) is 0. The quantitative estimate of drug-likeness (QED) is 0.0923. The van der Waals surface area contributed by atoms with E-state index in [0.29, 0.717) is 25.7 Å². The Balaban J connectivity index is 2.26. The maximum Gasteiger partial charge on any atom is 0.307 e. The third kappa shape index (κ3) is 10.5. The Morgan fingerprint density at radius 1 is 0.649 bits per heavy atom. The first-order chi connectivity index (χ1) is 26.4. The Labute approximate surface area is 345 Å². The van der Waals surface area contributed by atoms with Crippen LogP contribution in [0.3, 0.4) is 0 Å². The first-order valence-corrected chi connectivity index (χ1v) is 21.3. The number of benzene rings is 3. The van der Waals surface area contributed by atoms with E-state index in [-0.39, 0.29) is 36.0 Å². The highest BCUT2D eigenvalue weighted by Crippen LogP contribution is 2.62. The van der Waals surface area contributed by atoms with E-state index in [4.69, 9.17) is 4.84 Å². The van der Waals surface area contributed by atoms with Crippen LogP contribution in [-0.2, 0) is 14.4 Å². The summed E-state index contributed by atoms with van der Waals surface area (Å²) >= 11 is 0. The highest BCUT2D eigenvalue weighted by atomic mass is 16.7. The summed E-state index contributed by atoms with van der Waals surface area (Å²) in [6.45, 7) is 29.7. The Morgan fingerprint density at radius 2 is 1.12 bits per heavy atom. The second-order valence-corrected chi connectivity index (χ2v) is 19.4. The number of rotatable bonds is 21. The average Bonchev–Trinajstić information content (AvgIpc) is 3.14. The summed E-state index contributed by atoms with van der Waals surface area (Å²) < 4.78 is 0. The van der Waals surface area contributed by atoms with Gasteiger partial charge in [0.05, 0.1) is 23.5 Å². The maximum atomic E-state index is 14.0. The molecule has 0 amide bonds. The predicted molar refractivity (Wildman–Crippen MR) is 233 cm³/mol. The molecule has 0 spiro atoms. The molecule has 316 valence electrons. The van der Waals surface area contributed by atoms with E-state index in [2.05, 4.69) is 112 Å². The minimum Gasteiger partial charge on any atom is -0.508 e. The molecule has 0 aliphatic rings. The molecule has 3 N–H and O–H groups in total. The van der Waals surface area contributed by atoms with Crippen molar-refractivity contribution < 1.29 is 29.7 Å². The number of phenols is 1. The number of hydroxylamine groups is 2. The minimum absolute atomic E-state index is 0.0183. The van der Waals surface area contributed by atoms with Gasteiger partial charge >= 0.3 is 11.9 Å². The Morgan fingerprint density at radius 3 is 1.53 bits per heavy atom. The Bertz CT molecular complexity index is 1710. The summed E-state index contributed by atoms with van der Waals surface area (Å²) in [4.78, 5) is 34.7. The number of phenolic OH excluding ortho intramolecular Hbond substituents is 1. The number of nitrogens with zero attached hydrogens (tertiary/aromatic N) is 1. The molecule has 0 saturated heterocycles. The molecule has 0 radical (unpaired) electrons. The van der Waals surface area contributed by atoms with Crippen LogP contribution in [0.2, 0.25) is 0 Å². The van der Waals surface area contributed by atoms with E-state index in [0.717, 1.165) is 16.7 Å². The van der Waals surface area contributed by atoms with Gasteiger partial charge in [0.2, 0.25) is 0 Å². The van der Waals surface area contributed by atoms with Gasteiger partial charge < -0.3 is 15.3 Å². The normalized spacial score (nSPS) is 16.8. The minimum atomic E-state index is -0.914. The summed E-state index contributed by atoms with van der Waals surface area (Å²) in [6.07, 6.45) is 2.25. The van der Waals surface area contributed by atoms with Gasteiger partial charge in [-0.1, -0.05) is 135 Å². The fraction of sp³-hybridized carbons (Fsp3) is 0.600. The standard InChI is InChI=1S/C50H75NO6/c1-15-49(14,41(45(55)56)33-50(16-2,17-3)40(44(53)54)32-35(6)36-24-20-18-21-25-36)47(10,11)43(38-28-30-39(52)31-29-38)48(12,13)57-51(46(7,8)9)42(34(4)5)37-26-22-19-23-27-37/h18-31,34-35,40-43,52H,15-17,32-33H2,1-14H3,(H,53,54)(H,55,56). The predicted octanol–water partition coefficient (Wildman–Crippen LogP) is 12.9. The van der Waals surface area contributed by atoms with Crippen LogP contribution in [0, 0.1) is 34.0 Å². The molecule has 3 rings (SSSR count). The summed E-state index contributed by atoms with van der Waals surface area (Å²) in [5, 5.41) is 35.0. The van der Waals surface area contributed by atoms with Crippen molar-refractivity contribution in [1.29, 1.82) is 0 Å². The van der Waals surface area contributed by atoms with Gasteiger partial charge in [0.1, 0.15) is 5.75 Å². The van der Waals surface area contributed by atoms with Crippen molar-refractivity contribution in [2.24, 2.45) is 34.0 Å². The molecule has 6 atom stereocenters. The van der Waals surface area contributed by atoms with Gasteiger partial charge in [0, 0.05) is 11.5 Å². The molecule has 3 aromatic rings. The molecule has 3 aromatic carbocycles. The van der Waals surface area contributed by atoms with E-state index < -0.39 is 51.2 Å². The van der Waals surface area contributed by atoms with Gasteiger partial charge in [-0.15, -0.1) is 0 Å². The lowest BCUT2D eigenvalue weighted by Gasteiger charge is -2.58. The van der Waals surface area contributed by atoms with Crippen LogP contribution in [0.4, 0.5) is 0 Å². The fourth-order valence-corrected chi connectivity index (χ4v) is 10.2. The van der Waals surface area contributed by atoms with E-state index in [1.807, 2.05) is 62.4 Å². The maximum absolute atomic E-state index is 14.0. The number of carboxylic acids is 2. The Hall–Kier alpha value is -3.68. The summed E-state index contributed by atoms with van der Waals surface area (Å²) in [6, 6.07) is 27.6. The van der Waals surface area contributed by atoms with Gasteiger partial charge in [0.25, 0.3) is 0 Å². The molecule has 6 unspecified atom stereocenters. The zero-order valence-electron chi connectivity index (χ0n) is 37.6. The molecule has 7 nitrogen and oxygen atoms in total. The largest absolute Gasteiger partial charge is 0.508 e. The molecule has 57 heavy (non-hydrogen) atoms. The lowest BCUT2D eigenvalue weighted by atomic mass is 9.48. The number of hydrogen-bond acceptors (Lipinski definition) is 5. The van der Waals surface area contributed by atoms with Crippen LogP contribution >= 0.6 is 0 Å². The van der Waals surface area contributed by atoms with E-state index in [1.165, 1.54) is 0 Å². The van der Waals surface area contributed by atoms with Crippen molar-refractivity contribution in [3.63, 3.8) is 0 Å². The average molecular weight is 786 g/mol. The second-order valence-electron chi connectivity index (χ2n) is 19.4. The van der Waals surface area contributed by atoms with Crippen LogP contribution in [0.25, 0.3) is 0 Å².